The monoisotopic (exact) mass is 342 g/mol. The SMILES string of the molecule is COc1cc(/C=C/c2ccc(O)cc2)ccc1/C=C/c1ccc(C)cc1. The highest BCUT2D eigenvalue weighted by Gasteiger charge is 2.01. The van der Waals surface area contributed by atoms with Crippen molar-refractivity contribution in [3.8, 4) is 11.5 Å². The smallest absolute Gasteiger partial charge is 0.126 e. The lowest BCUT2D eigenvalue weighted by molar-refractivity contribution is 0.414. The summed E-state index contributed by atoms with van der Waals surface area (Å²) in [5.41, 5.74) is 5.54. The highest BCUT2D eigenvalue weighted by molar-refractivity contribution is 5.76. The molecule has 0 bridgehead atoms. The lowest BCUT2D eigenvalue weighted by atomic mass is 10.1. The van der Waals surface area contributed by atoms with Gasteiger partial charge in [-0.1, -0.05) is 78.4 Å². The molecule has 0 radical (unpaired) electrons. The summed E-state index contributed by atoms with van der Waals surface area (Å²) < 4.78 is 5.54. The van der Waals surface area contributed by atoms with Crippen LogP contribution in [0.1, 0.15) is 27.8 Å². The van der Waals surface area contributed by atoms with Gasteiger partial charge in [0.05, 0.1) is 7.11 Å². The average molecular weight is 342 g/mol. The maximum absolute atomic E-state index is 9.34. The van der Waals surface area contributed by atoms with Crippen molar-refractivity contribution in [2.24, 2.45) is 0 Å². The summed E-state index contributed by atoms with van der Waals surface area (Å²) in [7, 11) is 1.69. The number of phenolic OH excluding ortho intramolecular Hbond substituents is 1. The number of aryl methyl sites for hydroxylation is 1. The summed E-state index contributed by atoms with van der Waals surface area (Å²) in [6.07, 6.45) is 8.19. The fourth-order valence-electron chi connectivity index (χ4n) is 2.61. The Morgan fingerprint density at radius 3 is 1.88 bits per heavy atom. The number of hydrogen-bond acceptors (Lipinski definition) is 2. The van der Waals surface area contributed by atoms with Crippen LogP contribution in [0.15, 0.2) is 66.7 Å². The quantitative estimate of drug-likeness (QED) is 0.572. The zero-order chi connectivity index (χ0) is 18.4. The maximum atomic E-state index is 9.34. The van der Waals surface area contributed by atoms with Crippen molar-refractivity contribution in [3.05, 3.63) is 94.5 Å². The van der Waals surface area contributed by atoms with E-state index in [1.807, 2.05) is 30.4 Å². The number of methoxy groups -OCH3 is 1. The Labute approximate surface area is 154 Å². The zero-order valence-corrected chi connectivity index (χ0v) is 15.0. The molecule has 3 aromatic rings. The van der Waals surface area contributed by atoms with E-state index in [1.54, 1.807) is 19.2 Å². The third kappa shape index (κ3) is 4.64. The van der Waals surface area contributed by atoms with Gasteiger partial charge in [-0.15, -0.1) is 0 Å². The third-order valence-electron chi connectivity index (χ3n) is 4.15. The number of hydrogen-bond donors (Lipinski definition) is 1. The van der Waals surface area contributed by atoms with E-state index in [-0.39, 0.29) is 5.75 Å². The van der Waals surface area contributed by atoms with Gasteiger partial charge in [-0.3, -0.25) is 0 Å². The maximum Gasteiger partial charge on any atom is 0.126 e. The third-order valence-corrected chi connectivity index (χ3v) is 4.15. The number of rotatable bonds is 5. The predicted octanol–water partition coefficient (Wildman–Crippen LogP) is 6.05. The van der Waals surface area contributed by atoms with Crippen LogP contribution in [0.2, 0.25) is 0 Å². The predicted molar refractivity (Wildman–Crippen MR) is 110 cm³/mol. The standard InChI is InChI=1S/C24H22O2/c1-18-3-5-19(6-4-18)9-13-22-14-10-21(17-24(22)26-2)8-7-20-11-15-23(25)16-12-20/h3-17,25H,1-2H3/b8-7+,13-9+. The first-order valence-electron chi connectivity index (χ1n) is 8.54. The molecule has 0 saturated heterocycles. The molecular weight excluding hydrogens is 320 g/mol. The van der Waals surface area contributed by atoms with E-state index in [0.717, 1.165) is 28.0 Å². The molecule has 0 aliphatic heterocycles. The Morgan fingerprint density at radius 1 is 0.692 bits per heavy atom. The van der Waals surface area contributed by atoms with Gasteiger partial charge in [-0.25, -0.2) is 0 Å². The van der Waals surface area contributed by atoms with Crippen molar-refractivity contribution in [1.82, 2.24) is 0 Å². The number of aromatic hydroxyl groups is 1. The molecule has 2 nitrogen and oxygen atoms in total. The zero-order valence-electron chi connectivity index (χ0n) is 15.0. The molecule has 2 heteroatoms. The van der Waals surface area contributed by atoms with Crippen molar-refractivity contribution in [3.63, 3.8) is 0 Å². The molecule has 3 rings (SSSR count). The van der Waals surface area contributed by atoms with Gasteiger partial charge in [0.25, 0.3) is 0 Å². The summed E-state index contributed by atoms with van der Waals surface area (Å²) in [6, 6.07) is 21.7. The van der Waals surface area contributed by atoms with E-state index < -0.39 is 0 Å². The van der Waals surface area contributed by atoms with Crippen LogP contribution in [0.3, 0.4) is 0 Å². The summed E-state index contributed by atoms with van der Waals surface area (Å²) >= 11 is 0. The largest absolute Gasteiger partial charge is 0.508 e. The fourth-order valence-corrected chi connectivity index (χ4v) is 2.61. The van der Waals surface area contributed by atoms with Gasteiger partial charge in [0.15, 0.2) is 0 Å². The molecule has 0 heterocycles. The molecule has 0 unspecified atom stereocenters. The Bertz CT molecular complexity index is 917. The van der Waals surface area contributed by atoms with E-state index >= 15 is 0 Å². The Morgan fingerprint density at radius 2 is 1.23 bits per heavy atom. The number of phenols is 1. The van der Waals surface area contributed by atoms with Crippen molar-refractivity contribution in [2.75, 3.05) is 7.11 Å². The van der Waals surface area contributed by atoms with Crippen molar-refractivity contribution < 1.29 is 9.84 Å². The molecule has 0 spiro atoms. The first kappa shape index (κ1) is 17.6. The molecular formula is C24H22O2. The van der Waals surface area contributed by atoms with Crippen molar-refractivity contribution in [2.45, 2.75) is 6.92 Å². The van der Waals surface area contributed by atoms with Gasteiger partial charge in [0, 0.05) is 5.56 Å². The molecule has 0 amide bonds. The average Bonchev–Trinajstić information content (AvgIpc) is 2.67. The second kappa shape index (κ2) is 8.21. The lowest BCUT2D eigenvalue weighted by Gasteiger charge is -2.06. The van der Waals surface area contributed by atoms with Crippen LogP contribution in [-0.2, 0) is 0 Å². The van der Waals surface area contributed by atoms with E-state index in [1.165, 1.54) is 5.56 Å². The molecule has 130 valence electrons. The molecule has 0 aromatic heterocycles. The molecule has 0 saturated carbocycles. The van der Waals surface area contributed by atoms with E-state index in [9.17, 15) is 5.11 Å². The minimum Gasteiger partial charge on any atom is -0.508 e. The topological polar surface area (TPSA) is 29.5 Å². The summed E-state index contributed by atoms with van der Waals surface area (Å²) in [6.45, 7) is 2.08. The highest BCUT2D eigenvalue weighted by Crippen LogP contribution is 2.24. The summed E-state index contributed by atoms with van der Waals surface area (Å²) in [5, 5.41) is 9.34. The molecule has 0 aliphatic carbocycles. The van der Waals surface area contributed by atoms with Crippen LogP contribution in [0, 0.1) is 6.92 Å². The van der Waals surface area contributed by atoms with Gasteiger partial charge in [-0.2, -0.15) is 0 Å². The normalized spacial score (nSPS) is 11.3. The van der Waals surface area contributed by atoms with Gasteiger partial charge < -0.3 is 9.84 Å². The van der Waals surface area contributed by atoms with Gasteiger partial charge in [0.1, 0.15) is 11.5 Å². The summed E-state index contributed by atoms with van der Waals surface area (Å²) in [4.78, 5) is 0. The van der Waals surface area contributed by atoms with Gasteiger partial charge >= 0.3 is 0 Å². The first-order valence-corrected chi connectivity index (χ1v) is 8.54. The summed E-state index contributed by atoms with van der Waals surface area (Å²) in [5.74, 6) is 1.11. The van der Waals surface area contributed by atoms with Crippen LogP contribution in [-0.4, -0.2) is 12.2 Å². The minimum absolute atomic E-state index is 0.272. The molecule has 0 fully saturated rings. The van der Waals surface area contributed by atoms with Gasteiger partial charge in [-0.05, 0) is 41.8 Å². The second-order valence-electron chi connectivity index (χ2n) is 6.17. The Balaban J connectivity index is 1.78. The minimum atomic E-state index is 0.272. The first-order chi connectivity index (χ1) is 12.6. The van der Waals surface area contributed by atoms with E-state index in [4.69, 9.17) is 4.74 Å². The highest BCUT2D eigenvalue weighted by atomic mass is 16.5. The van der Waals surface area contributed by atoms with Crippen LogP contribution in [0.4, 0.5) is 0 Å². The Hall–Kier alpha value is -3.26. The van der Waals surface area contributed by atoms with Crippen LogP contribution in [0.5, 0.6) is 11.5 Å². The fraction of sp³-hybridized carbons (Fsp3) is 0.0833. The van der Waals surface area contributed by atoms with Crippen LogP contribution >= 0.6 is 0 Å². The molecule has 1 N–H and O–H groups in total. The number of benzene rings is 3. The van der Waals surface area contributed by atoms with E-state index in [0.29, 0.717) is 0 Å². The van der Waals surface area contributed by atoms with Crippen LogP contribution < -0.4 is 4.74 Å². The molecule has 26 heavy (non-hydrogen) atoms. The van der Waals surface area contributed by atoms with Crippen LogP contribution in [0.25, 0.3) is 24.3 Å². The molecule has 0 atom stereocenters. The lowest BCUT2D eigenvalue weighted by Crippen LogP contribution is -1.88. The second-order valence-corrected chi connectivity index (χ2v) is 6.17. The van der Waals surface area contributed by atoms with Gasteiger partial charge in [0.2, 0.25) is 0 Å². The Kier molecular flexibility index (Phi) is 5.55. The van der Waals surface area contributed by atoms with E-state index in [2.05, 4.69) is 55.5 Å². The molecule has 3 aromatic carbocycles. The number of ether oxygens (including phenoxy) is 1. The van der Waals surface area contributed by atoms with Crippen molar-refractivity contribution >= 4 is 24.3 Å². The molecule has 0 aliphatic rings. The van der Waals surface area contributed by atoms with Crippen molar-refractivity contribution in [1.29, 1.82) is 0 Å².